The van der Waals surface area contributed by atoms with Gasteiger partial charge in [-0.25, -0.2) is 4.98 Å². The number of aliphatic hydroxyl groups excluding tert-OH is 1. The van der Waals surface area contributed by atoms with Gasteiger partial charge >= 0.3 is 0 Å². The number of likely N-dealkylation sites (tertiary alicyclic amines) is 1. The Morgan fingerprint density at radius 3 is 2.32 bits per heavy atom. The second kappa shape index (κ2) is 17.5. The SMILES string of the molecule is C=O.C=O.CC.CC1CC1.Cc1cccc(-c2ccc(OCCN3CCC(O)CC3)c3[nH]c4ncc(Cl)cc4c23)c1. The lowest BCUT2D eigenvalue weighted by Crippen LogP contribution is -2.38. The van der Waals surface area contributed by atoms with Crippen LogP contribution in [0, 0.1) is 12.8 Å². The summed E-state index contributed by atoms with van der Waals surface area (Å²) in [5.41, 5.74) is 5.25. The number of pyridine rings is 1. The summed E-state index contributed by atoms with van der Waals surface area (Å²) in [5, 5.41) is 12.4. The number of H-pyrrole nitrogens is 1. The number of aliphatic hydroxyl groups is 1. The van der Waals surface area contributed by atoms with Crippen LogP contribution >= 0.6 is 11.6 Å². The number of halogens is 1. The van der Waals surface area contributed by atoms with E-state index in [4.69, 9.17) is 25.9 Å². The number of hydrogen-bond donors (Lipinski definition) is 2. The minimum absolute atomic E-state index is 0.156. The van der Waals surface area contributed by atoms with Crippen LogP contribution in [0.4, 0.5) is 0 Å². The van der Waals surface area contributed by atoms with Crippen LogP contribution in [0.2, 0.25) is 5.02 Å². The van der Waals surface area contributed by atoms with Gasteiger partial charge in [-0.1, -0.05) is 75.0 Å². The molecule has 7 nitrogen and oxygen atoms in total. The minimum atomic E-state index is -0.156. The highest BCUT2D eigenvalue weighted by atomic mass is 35.5. The van der Waals surface area contributed by atoms with E-state index in [0.717, 1.165) is 77.2 Å². The Bertz CT molecular complexity index is 1350. The zero-order valence-corrected chi connectivity index (χ0v) is 25.5. The summed E-state index contributed by atoms with van der Waals surface area (Å²) in [5.74, 6) is 1.90. The standard InChI is InChI=1S/C25H26ClN3O2.C4H8.C2H6.2CH2O/c1-16-3-2-4-17(13-16)20-5-6-22(31-12-11-29-9-7-19(30)8-10-29)24-23(20)21-14-18(26)15-27-25(21)28-24;1-4-2-3-4;3*1-2/h2-6,13-15,19,30H,7-12H2,1H3,(H,27,28);4H,2-3H2,1H3;1-2H3;2*1H2. The molecule has 6 rings (SSSR count). The number of carbonyl (C=O) groups excluding carboxylic acids is 2. The number of aromatic amines is 1. The molecule has 2 fully saturated rings. The molecule has 222 valence electrons. The molecule has 0 spiro atoms. The summed E-state index contributed by atoms with van der Waals surface area (Å²) in [7, 11) is 0. The molecule has 0 bridgehead atoms. The van der Waals surface area contributed by atoms with Crippen LogP contribution in [0.25, 0.3) is 33.1 Å². The van der Waals surface area contributed by atoms with Gasteiger partial charge in [0.1, 0.15) is 31.6 Å². The smallest absolute Gasteiger partial charge is 0.143 e. The number of piperidine rings is 1. The van der Waals surface area contributed by atoms with Gasteiger partial charge in [-0.05, 0) is 55.0 Å². The van der Waals surface area contributed by atoms with Gasteiger partial charge < -0.3 is 24.4 Å². The van der Waals surface area contributed by atoms with Crippen molar-refractivity contribution < 1.29 is 19.4 Å². The van der Waals surface area contributed by atoms with Crippen molar-refractivity contribution in [3.8, 4) is 16.9 Å². The molecule has 41 heavy (non-hydrogen) atoms. The van der Waals surface area contributed by atoms with Crippen LogP contribution in [0.1, 0.15) is 52.0 Å². The zero-order chi connectivity index (χ0) is 30.4. The van der Waals surface area contributed by atoms with Gasteiger partial charge in [0.25, 0.3) is 0 Å². The lowest BCUT2D eigenvalue weighted by Gasteiger charge is -2.29. The average molecular weight is 582 g/mol. The van der Waals surface area contributed by atoms with E-state index in [1.165, 1.54) is 18.4 Å². The Kier molecular flexibility index (Phi) is 14.5. The molecule has 1 saturated heterocycles. The van der Waals surface area contributed by atoms with Crippen LogP contribution in [0.3, 0.4) is 0 Å². The summed E-state index contributed by atoms with van der Waals surface area (Å²) >= 11 is 6.29. The minimum Gasteiger partial charge on any atom is -0.490 e. The van der Waals surface area contributed by atoms with Crippen molar-refractivity contribution in [2.24, 2.45) is 5.92 Å². The number of rotatable bonds is 5. The molecule has 2 aliphatic rings. The predicted octanol–water partition coefficient (Wildman–Crippen LogP) is 7.25. The summed E-state index contributed by atoms with van der Waals surface area (Å²) in [6, 6.07) is 14.6. The third-order valence-electron chi connectivity index (χ3n) is 6.95. The number of aromatic nitrogens is 2. The number of nitrogens with zero attached hydrogens (tertiary/aromatic N) is 2. The highest BCUT2D eigenvalue weighted by Crippen LogP contribution is 2.39. The van der Waals surface area contributed by atoms with Gasteiger partial charge in [-0.15, -0.1) is 0 Å². The normalized spacial score (nSPS) is 14.8. The lowest BCUT2D eigenvalue weighted by atomic mass is 9.98. The molecule has 3 heterocycles. The summed E-state index contributed by atoms with van der Waals surface area (Å²) < 4.78 is 6.23. The van der Waals surface area contributed by atoms with E-state index in [0.29, 0.717) is 11.6 Å². The third-order valence-corrected chi connectivity index (χ3v) is 7.16. The van der Waals surface area contributed by atoms with Gasteiger partial charge in [0.05, 0.1) is 16.6 Å². The zero-order valence-electron chi connectivity index (χ0n) is 24.8. The number of ether oxygens (including phenoxy) is 1. The van der Waals surface area contributed by atoms with Crippen LogP contribution in [-0.4, -0.2) is 65.9 Å². The Morgan fingerprint density at radius 1 is 1.05 bits per heavy atom. The molecule has 8 heteroatoms. The maximum Gasteiger partial charge on any atom is 0.143 e. The monoisotopic (exact) mass is 581 g/mol. The maximum atomic E-state index is 9.70. The van der Waals surface area contributed by atoms with Crippen molar-refractivity contribution in [1.29, 1.82) is 0 Å². The van der Waals surface area contributed by atoms with E-state index in [1.807, 2.05) is 39.6 Å². The molecule has 1 aliphatic carbocycles. The van der Waals surface area contributed by atoms with E-state index in [9.17, 15) is 5.11 Å². The summed E-state index contributed by atoms with van der Waals surface area (Å²) in [6.45, 7) is 15.7. The van der Waals surface area contributed by atoms with E-state index < -0.39 is 0 Å². The molecule has 2 aromatic heterocycles. The van der Waals surface area contributed by atoms with Gasteiger partial charge in [0, 0.05) is 36.6 Å². The molecular formula is C33H44ClN3O4. The molecular weight excluding hydrogens is 538 g/mol. The first-order valence-electron chi connectivity index (χ1n) is 14.3. The Labute approximate surface area is 248 Å². The molecule has 0 amide bonds. The number of benzene rings is 2. The number of hydrogen-bond acceptors (Lipinski definition) is 6. The summed E-state index contributed by atoms with van der Waals surface area (Å²) in [6.07, 6.45) is 6.15. The van der Waals surface area contributed by atoms with Gasteiger partial charge in [0.15, 0.2) is 0 Å². The lowest BCUT2D eigenvalue weighted by molar-refractivity contribution is -0.0987. The van der Waals surface area contributed by atoms with Crippen molar-refractivity contribution in [2.75, 3.05) is 26.2 Å². The quantitative estimate of drug-likeness (QED) is 0.258. The predicted molar refractivity (Wildman–Crippen MR) is 170 cm³/mol. The maximum absolute atomic E-state index is 9.70. The van der Waals surface area contributed by atoms with Crippen molar-refractivity contribution in [1.82, 2.24) is 14.9 Å². The number of aryl methyl sites for hydroxylation is 1. The largest absolute Gasteiger partial charge is 0.490 e. The second-order valence-electron chi connectivity index (χ2n) is 10.0. The average Bonchev–Trinajstić information content (AvgIpc) is 3.71. The molecule has 0 unspecified atom stereocenters. The molecule has 1 aliphatic heterocycles. The first-order chi connectivity index (χ1) is 20.0. The fourth-order valence-corrected chi connectivity index (χ4v) is 4.76. The molecule has 4 aromatic rings. The number of carbonyl (C=O) groups is 2. The highest BCUT2D eigenvalue weighted by molar-refractivity contribution is 6.31. The van der Waals surface area contributed by atoms with Crippen molar-refractivity contribution >= 4 is 47.1 Å². The first-order valence-corrected chi connectivity index (χ1v) is 14.6. The fraction of sp³-hybridized carbons (Fsp3) is 0.424. The van der Waals surface area contributed by atoms with Gasteiger partial charge in [0.2, 0.25) is 0 Å². The van der Waals surface area contributed by atoms with Gasteiger partial charge in [-0.2, -0.15) is 0 Å². The fourth-order valence-electron chi connectivity index (χ4n) is 4.60. The van der Waals surface area contributed by atoms with Crippen molar-refractivity contribution in [3.05, 3.63) is 59.2 Å². The van der Waals surface area contributed by atoms with Crippen LogP contribution < -0.4 is 4.74 Å². The topological polar surface area (TPSA) is 95.5 Å². The Balaban J connectivity index is 0.000000516. The van der Waals surface area contributed by atoms with Crippen LogP contribution in [0.5, 0.6) is 5.75 Å². The summed E-state index contributed by atoms with van der Waals surface area (Å²) in [4.78, 5) is 26.3. The Morgan fingerprint density at radius 2 is 1.71 bits per heavy atom. The van der Waals surface area contributed by atoms with Crippen LogP contribution in [0.15, 0.2) is 48.7 Å². The molecule has 1 saturated carbocycles. The number of nitrogens with one attached hydrogen (secondary N) is 1. The number of fused-ring (bicyclic) bond motifs is 3. The third kappa shape index (κ3) is 9.66. The molecule has 0 radical (unpaired) electrons. The molecule has 2 N–H and O–H groups in total. The van der Waals surface area contributed by atoms with Crippen molar-refractivity contribution in [3.63, 3.8) is 0 Å². The van der Waals surface area contributed by atoms with E-state index >= 15 is 0 Å². The van der Waals surface area contributed by atoms with E-state index in [1.54, 1.807) is 6.20 Å². The van der Waals surface area contributed by atoms with Crippen LogP contribution in [-0.2, 0) is 9.59 Å². The van der Waals surface area contributed by atoms with E-state index in [2.05, 4.69) is 59.0 Å². The highest BCUT2D eigenvalue weighted by Gasteiger charge is 2.18. The second-order valence-corrected chi connectivity index (χ2v) is 10.4. The molecule has 2 aromatic carbocycles. The van der Waals surface area contributed by atoms with E-state index in [-0.39, 0.29) is 6.10 Å². The Hall–Kier alpha value is -3.26. The van der Waals surface area contributed by atoms with Gasteiger partial charge in [-0.3, -0.25) is 4.90 Å². The first kappa shape index (κ1) is 33.9. The molecule has 0 atom stereocenters. The van der Waals surface area contributed by atoms with Crippen molar-refractivity contribution in [2.45, 2.75) is 59.5 Å².